The van der Waals surface area contributed by atoms with Crippen molar-refractivity contribution in [3.8, 4) is 17.2 Å². The molecule has 160 valence electrons. The molecule has 0 radical (unpaired) electrons. The third kappa shape index (κ3) is 5.32. The number of carbonyl (C=O) groups excluding carboxylic acids is 1. The van der Waals surface area contributed by atoms with Crippen LogP contribution < -0.4 is 36.5 Å². The van der Waals surface area contributed by atoms with Crippen LogP contribution in [0.1, 0.15) is 6.92 Å². The van der Waals surface area contributed by atoms with Crippen molar-refractivity contribution in [2.24, 2.45) is 0 Å². The van der Waals surface area contributed by atoms with E-state index in [0.717, 1.165) is 17.2 Å². The minimum absolute atomic E-state index is 0.203. The summed E-state index contributed by atoms with van der Waals surface area (Å²) in [6.07, 6.45) is -0.375. The monoisotopic (exact) mass is 419 g/mol. The van der Waals surface area contributed by atoms with Gasteiger partial charge >= 0.3 is 0 Å². The van der Waals surface area contributed by atoms with Gasteiger partial charge in [-0.1, -0.05) is 30.3 Å². The molecule has 1 saturated heterocycles. The molecule has 3 aromatic carbocycles. The SMILES string of the molecule is CCOc1ccccc1NC(=O)C1NNNC1Nc1ccc(Oc2ccccc2)cc1. The predicted octanol–water partition coefficient (Wildman–Crippen LogP) is 3.24. The van der Waals surface area contributed by atoms with E-state index >= 15 is 0 Å². The highest BCUT2D eigenvalue weighted by molar-refractivity contribution is 5.97. The molecular weight excluding hydrogens is 394 g/mol. The summed E-state index contributed by atoms with van der Waals surface area (Å²) in [6, 6.07) is 23.9. The van der Waals surface area contributed by atoms with E-state index in [1.807, 2.05) is 85.8 Å². The predicted molar refractivity (Wildman–Crippen MR) is 120 cm³/mol. The maximum atomic E-state index is 12.9. The number of hydrazine groups is 2. The van der Waals surface area contributed by atoms with Crippen molar-refractivity contribution < 1.29 is 14.3 Å². The van der Waals surface area contributed by atoms with Crippen molar-refractivity contribution in [1.29, 1.82) is 0 Å². The Labute approximate surface area is 180 Å². The lowest BCUT2D eigenvalue weighted by atomic mass is 10.2. The highest BCUT2D eigenvalue weighted by Crippen LogP contribution is 2.25. The lowest BCUT2D eigenvalue weighted by Crippen LogP contribution is -2.47. The molecule has 1 heterocycles. The standard InChI is InChI=1S/C23H25N5O3/c1-2-30-20-11-7-6-10-19(20)25-23(29)21-22(27-28-26-21)24-16-12-14-18(15-13-16)31-17-8-4-3-5-9-17/h3-15,21-22,24,26-28H,2H2,1H3,(H,25,29). The first-order valence-electron chi connectivity index (χ1n) is 10.1. The zero-order valence-electron chi connectivity index (χ0n) is 17.1. The molecule has 4 rings (SSSR count). The van der Waals surface area contributed by atoms with Gasteiger partial charge in [0, 0.05) is 5.69 Å². The van der Waals surface area contributed by atoms with Gasteiger partial charge in [0.15, 0.2) is 0 Å². The Bertz CT molecular complexity index is 998. The average Bonchev–Trinajstić information content (AvgIpc) is 3.26. The molecule has 0 bridgehead atoms. The Balaban J connectivity index is 1.38. The van der Waals surface area contributed by atoms with Crippen LogP contribution in [0.15, 0.2) is 78.9 Å². The summed E-state index contributed by atoms with van der Waals surface area (Å²) in [4.78, 5) is 12.9. The smallest absolute Gasteiger partial charge is 0.246 e. The summed E-state index contributed by atoms with van der Waals surface area (Å²) >= 11 is 0. The van der Waals surface area contributed by atoms with Gasteiger partial charge in [0.2, 0.25) is 5.91 Å². The Morgan fingerprint density at radius 2 is 1.61 bits per heavy atom. The fourth-order valence-corrected chi connectivity index (χ4v) is 3.19. The van der Waals surface area contributed by atoms with Crippen LogP contribution in [-0.4, -0.2) is 24.7 Å². The number of para-hydroxylation sites is 3. The highest BCUT2D eigenvalue weighted by atomic mass is 16.5. The van der Waals surface area contributed by atoms with Crippen LogP contribution in [-0.2, 0) is 4.79 Å². The summed E-state index contributed by atoms with van der Waals surface area (Å²) in [5.41, 5.74) is 10.2. The third-order valence-electron chi connectivity index (χ3n) is 4.67. The van der Waals surface area contributed by atoms with Crippen LogP contribution in [0.3, 0.4) is 0 Å². The van der Waals surface area contributed by atoms with E-state index in [4.69, 9.17) is 9.47 Å². The summed E-state index contributed by atoms with van der Waals surface area (Å²) in [6.45, 7) is 2.42. The second-order valence-electron chi connectivity index (χ2n) is 6.87. The molecule has 1 amide bonds. The number of nitrogens with one attached hydrogen (secondary N) is 5. The van der Waals surface area contributed by atoms with Gasteiger partial charge < -0.3 is 20.1 Å². The zero-order valence-corrected chi connectivity index (χ0v) is 17.1. The fraction of sp³-hybridized carbons (Fsp3) is 0.174. The van der Waals surface area contributed by atoms with Crippen molar-refractivity contribution in [2.45, 2.75) is 19.1 Å². The van der Waals surface area contributed by atoms with Gasteiger partial charge in [0.05, 0.1) is 12.3 Å². The van der Waals surface area contributed by atoms with Gasteiger partial charge in [0.25, 0.3) is 0 Å². The molecule has 3 aromatic rings. The lowest BCUT2D eigenvalue weighted by Gasteiger charge is -2.21. The quantitative estimate of drug-likeness (QED) is 0.383. The number of anilines is 2. The second-order valence-corrected chi connectivity index (χ2v) is 6.87. The minimum atomic E-state index is -0.560. The average molecular weight is 419 g/mol. The molecule has 2 atom stereocenters. The van der Waals surface area contributed by atoms with E-state index < -0.39 is 6.04 Å². The first-order chi connectivity index (χ1) is 15.2. The Morgan fingerprint density at radius 3 is 2.39 bits per heavy atom. The highest BCUT2D eigenvalue weighted by Gasteiger charge is 2.33. The van der Waals surface area contributed by atoms with Gasteiger partial charge in [-0.15, -0.1) is 0 Å². The summed E-state index contributed by atoms with van der Waals surface area (Å²) < 4.78 is 11.4. The molecular formula is C23H25N5O3. The van der Waals surface area contributed by atoms with Gasteiger partial charge in [-0.25, -0.2) is 10.9 Å². The topological polar surface area (TPSA) is 95.7 Å². The van der Waals surface area contributed by atoms with Crippen molar-refractivity contribution in [3.63, 3.8) is 0 Å². The van der Waals surface area contributed by atoms with Crippen molar-refractivity contribution in [2.75, 3.05) is 17.2 Å². The Kier molecular flexibility index (Phi) is 6.63. The van der Waals surface area contributed by atoms with Gasteiger partial charge in [-0.3, -0.25) is 4.79 Å². The number of amides is 1. The molecule has 2 unspecified atom stereocenters. The van der Waals surface area contributed by atoms with Crippen LogP contribution in [0.25, 0.3) is 0 Å². The largest absolute Gasteiger partial charge is 0.492 e. The summed E-state index contributed by atoms with van der Waals surface area (Å²) in [7, 11) is 0. The normalized spacial score (nSPS) is 17.7. The minimum Gasteiger partial charge on any atom is -0.492 e. The Morgan fingerprint density at radius 1 is 0.903 bits per heavy atom. The third-order valence-corrected chi connectivity index (χ3v) is 4.67. The number of benzene rings is 3. The molecule has 0 saturated carbocycles. The zero-order chi connectivity index (χ0) is 21.5. The molecule has 0 aromatic heterocycles. The van der Waals surface area contributed by atoms with E-state index in [0.29, 0.717) is 18.0 Å². The van der Waals surface area contributed by atoms with Crippen molar-refractivity contribution in [1.82, 2.24) is 16.4 Å². The van der Waals surface area contributed by atoms with E-state index in [-0.39, 0.29) is 12.1 Å². The van der Waals surface area contributed by atoms with Gasteiger partial charge in [-0.05, 0) is 55.5 Å². The Hall–Kier alpha value is -3.59. The number of carbonyl (C=O) groups is 1. The molecule has 1 fully saturated rings. The molecule has 0 aliphatic carbocycles. The molecule has 1 aliphatic heterocycles. The molecule has 8 heteroatoms. The summed E-state index contributed by atoms with van der Waals surface area (Å²) in [5, 5.41) is 6.23. The van der Waals surface area contributed by atoms with Crippen molar-refractivity contribution in [3.05, 3.63) is 78.9 Å². The number of hydrogen-bond acceptors (Lipinski definition) is 7. The van der Waals surface area contributed by atoms with Crippen LogP contribution in [0.4, 0.5) is 11.4 Å². The van der Waals surface area contributed by atoms with Gasteiger partial charge in [0.1, 0.15) is 29.5 Å². The first kappa shape index (κ1) is 20.7. The maximum Gasteiger partial charge on any atom is 0.246 e. The van der Waals surface area contributed by atoms with E-state index in [1.54, 1.807) is 0 Å². The van der Waals surface area contributed by atoms with Crippen LogP contribution in [0, 0.1) is 0 Å². The van der Waals surface area contributed by atoms with Crippen LogP contribution in [0.5, 0.6) is 17.2 Å². The number of hydrogen-bond donors (Lipinski definition) is 5. The maximum absolute atomic E-state index is 12.9. The van der Waals surface area contributed by atoms with E-state index in [9.17, 15) is 4.79 Å². The first-order valence-corrected chi connectivity index (χ1v) is 10.1. The van der Waals surface area contributed by atoms with Crippen LogP contribution >= 0.6 is 0 Å². The molecule has 0 spiro atoms. The number of ether oxygens (including phenoxy) is 2. The number of rotatable bonds is 8. The fourth-order valence-electron chi connectivity index (χ4n) is 3.19. The van der Waals surface area contributed by atoms with Gasteiger partial charge in [-0.2, -0.15) is 5.53 Å². The molecule has 8 nitrogen and oxygen atoms in total. The molecule has 1 aliphatic rings. The van der Waals surface area contributed by atoms with Crippen molar-refractivity contribution >= 4 is 17.3 Å². The lowest BCUT2D eigenvalue weighted by molar-refractivity contribution is -0.118. The molecule has 5 N–H and O–H groups in total. The van der Waals surface area contributed by atoms with E-state index in [1.165, 1.54) is 0 Å². The van der Waals surface area contributed by atoms with E-state index in [2.05, 4.69) is 27.0 Å². The second kappa shape index (κ2) is 9.94. The molecule has 31 heavy (non-hydrogen) atoms. The summed E-state index contributed by atoms with van der Waals surface area (Å²) in [5.74, 6) is 1.94. The van der Waals surface area contributed by atoms with Crippen LogP contribution in [0.2, 0.25) is 0 Å².